The van der Waals surface area contributed by atoms with Gasteiger partial charge in [-0.15, -0.1) is 0 Å². The summed E-state index contributed by atoms with van der Waals surface area (Å²) in [5.41, 5.74) is 10.0. The number of carbonyl (C=O) groups excluding carboxylic acids is 1. The molecule has 3 rings (SSSR count). The number of allylic oxidation sites excluding steroid dienone is 3. The Morgan fingerprint density at radius 2 is 2.09 bits per heavy atom. The summed E-state index contributed by atoms with van der Waals surface area (Å²) in [7, 11) is 0. The molecule has 0 aromatic heterocycles. The zero-order chi connectivity index (χ0) is 15.9. The average Bonchev–Trinajstić information content (AvgIpc) is 2.46. The molecular weight excluding hydrogens is 276 g/mol. The molecule has 0 spiro atoms. The van der Waals surface area contributed by atoms with Gasteiger partial charge in [0.1, 0.15) is 17.4 Å². The third kappa shape index (κ3) is 2.19. The number of Topliss-reactive ketones (excluding diaryl/α,β-unsaturated/α-hetero) is 1. The van der Waals surface area contributed by atoms with Crippen LogP contribution < -0.4 is 5.73 Å². The minimum absolute atomic E-state index is 0.0616. The largest absolute Gasteiger partial charge is 0.444 e. The van der Waals surface area contributed by atoms with Crippen LogP contribution in [0.5, 0.6) is 0 Å². The summed E-state index contributed by atoms with van der Waals surface area (Å²) in [6.45, 7) is 4.02. The van der Waals surface area contributed by atoms with Crippen LogP contribution in [0.4, 0.5) is 0 Å². The highest BCUT2D eigenvalue weighted by molar-refractivity contribution is 5.99. The molecule has 0 radical (unpaired) electrons. The Kier molecular flexibility index (Phi) is 3.50. The van der Waals surface area contributed by atoms with Gasteiger partial charge in [0.25, 0.3) is 0 Å². The van der Waals surface area contributed by atoms with Gasteiger partial charge in [-0.05, 0) is 31.4 Å². The lowest BCUT2D eigenvalue weighted by Crippen LogP contribution is -2.27. The third-order valence-electron chi connectivity index (χ3n) is 4.34. The van der Waals surface area contributed by atoms with Crippen LogP contribution in [0.15, 0.2) is 41.0 Å². The summed E-state index contributed by atoms with van der Waals surface area (Å²) >= 11 is 0. The highest BCUT2D eigenvalue weighted by Gasteiger charge is 2.38. The minimum atomic E-state index is -0.401. The fourth-order valence-electron chi connectivity index (χ4n) is 3.32. The van der Waals surface area contributed by atoms with Crippen LogP contribution in [0, 0.1) is 25.2 Å². The van der Waals surface area contributed by atoms with E-state index >= 15 is 0 Å². The second kappa shape index (κ2) is 5.34. The second-order valence-electron chi connectivity index (χ2n) is 5.90. The molecule has 2 N–H and O–H groups in total. The van der Waals surface area contributed by atoms with Gasteiger partial charge < -0.3 is 10.5 Å². The quantitative estimate of drug-likeness (QED) is 0.863. The molecule has 1 heterocycles. The number of nitriles is 1. The molecule has 0 unspecified atom stereocenters. The first-order chi connectivity index (χ1) is 10.5. The molecule has 4 nitrogen and oxygen atoms in total. The van der Waals surface area contributed by atoms with Gasteiger partial charge >= 0.3 is 0 Å². The third-order valence-corrected chi connectivity index (χ3v) is 4.34. The number of ether oxygens (including phenoxy) is 1. The zero-order valence-electron chi connectivity index (χ0n) is 12.8. The maximum Gasteiger partial charge on any atom is 0.205 e. The highest BCUT2D eigenvalue weighted by Crippen LogP contribution is 2.44. The Morgan fingerprint density at radius 3 is 2.77 bits per heavy atom. The number of ketones is 1. The van der Waals surface area contributed by atoms with Crippen LogP contribution in [0.2, 0.25) is 0 Å². The number of benzene rings is 1. The molecule has 1 aromatic carbocycles. The standard InChI is InChI=1S/C18H18N2O2/c1-10-6-7-12(11(2)8-10)16-13(9-19)18(20)22-15-5-3-4-14(21)17(15)16/h6-8,16H,3-5,20H2,1-2H3/t16-/m0/s1. The normalized spacial score (nSPS) is 21.3. The first kappa shape index (κ1) is 14.4. The van der Waals surface area contributed by atoms with Gasteiger partial charge in [0.05, 0.1) is 5.92 Å². The Hall–Kier alpha value is -2.54. The Morgan fingerprint density at radius 1 is 1.32 bits per heavy atom. The van der Waals surface area contributed by atoms with E-state index in [0.717, 1.165) is 23.1 Å². The number of carbonyl (C=O) groups is 1. The number of hydrogen-bond donors (Lipinski definition) is 1. The molecule has 1 aromatic rings. The van der Waals surface area contributed by atoms with Crippen molar-refractivity contribution in [3.8, 4) is 6.07 Å². The van der Waals surface area contributed by atoms with Crippen LogP contribution in [0.1, 0.15) is 41.9 Å². The van der Waals surface area contributed by atoms with E-state index in [0.29, 0.717) is 29.7 Å². The van der Waals surface area contributed by atoms with Crippen molar-refractivity contribution in [2.45, 2.75) is 39.0 Å². The van der Waals surface area contributed by atoms with E-state index in [1.807, 2.05) is 26.0 Å². The van der Waals surface area contributed by atoms with Gasteiger partial charge in [-0.3, -0.25) is 4.79 Å². The van der Waals surface area contributed by atoms with Gasteiger partial charge in [0.2, 0.25) is 5.88 Å². The predicted molar refractivity (Wildman–Crippen MR) is 82.5 cm³/mol. The fraction of sp³-hybridized carbons (Fsp3) is 0.333. The van der Waals surface area contributed by atoms with Crippen LogP contribution in [-0.4, -0.2) is 5.78 Å². The zero-order valence-corrected chi connectivity index (χ0v) is 12.8. The molecule has 0 bridgehead atoms. The molecule has 4 heteroatoms. The van der Waals surface area contributed by atoms with Crippen LogP contribution >= 0.6 is 0 Å². The van der Waals surface area contributed by atoms with Gasteiger partial charge in [-0.2, -0.15) is 5.26 Å². The first-order valence-corrected chi connectivity index (χ1v) is 7.44. The van der Waals surface area contributed by atoms with E-state index in [1.165, 1.54) is 0 Å². The van der Waals surface area contributed by atoms with Gasteiger partial charge in [-0.25, -0.2) is 0 Å². The van der Waals surface area contributed by atoms with Crippen molar-refractivity contribution in [3.05, 3.63) is 57.7 Å². The Labute approximate surface area is 129 Å². The first-order valence-electron chi connectivity index (χ1n) is 7.44. The highest BCUT2D eigenvalue weighted by atomic mass is 16.5. The molecule has 0 fully saturated rings. The lowest BCUT2D eigenvalue weighted by molar-refractivity contribution is -0.116. The lowest BCUT2D eigenvalue weighted by atomic mass is 9.76. The summed E-state index contributed by atoms with van der Waals surface area (Å²) in [6, 6.07) is 8.18. The molecule has 112 valence electrons. The molecule has 0 amide bonds. The molecule has 0 saturated heterocycles. The van der Waals surface area contributed by atoms with Crippen LogP contribution in [0.25, 0.3) is 0 Å². The van der Waals surface area contributed by atoms with Crippen molar-refractivity contribution in [2.75, 3.05) is 0 Å². The van der Waals surface area contributed by atoms with Gasteiger partial charge in [-0.1, -0.05) is 23.8 Å². The number of rotatable bonds is 1. The van der Waals surface area contributed by atoms with Crippen molar-refractivity contribution in [1.29, 1.82) is 5.26 Å². The lowest BCUT2D eigenvalue weighted by Gasteiger charge is -2.31. The van der Waals surface area contributed by atoms with Gasteiger partial charge in [0, 0.05) is 18.4 Å². The molecule has 1 aliphatic heterocycles. The summed E-state index contributed by atoms with van der Waals surface area (Å²) in [5.74, 6) is 0.423. The summed E-state index contributed by atoms with van der Waals surface area (Å²) < 4.78 is 5.57. The fourth-order valence-corrected chi connectivity index (χ4v) is 3.32. The molecule has 22 heavy (non-hydrogen) atoms. The van der Waals surface area contributed by atoms with Crippen molar-refractivity contribution < 1.29 is 9.53 Å². The van der Waals surface area contributed by atoms with Gasteiger partial charge in [0.15, 0.2) is 5.78 Å². The minimum Gasteiger partial charge on any atom is -0.444 e. The van der Waals surface area contributed by atoms with Crippen LogP contribution in [0.3, 0.4) is 0 Å². The summed E-state index contributed by atoms with van der Waals surface area (Å²) in [5, 5.41) is 9.51. The average molecular weight is 294 g/mol. The smallest absolute Gasteiger partial charge is 0.205 e. The predicted octanol–water partition coefficient (Wildman–Crippen LogP) is 3.12. The van der Waals surface area contributed by atoms with Crippen molar-refractivity contribution in [2.24, 2.45) is 5.73 Å². The van der Waals surface area contributed by atoms with Crippen molar-refractivity contribution in [1.82, 2.24) is 0 Å². The van der Waals surface area contributed by atoms with Crippen molar-refractivity contribution >= 4 is 5.78 Å². The van der Waals surface area contributed by atoms with E-state index in [4.69, 9.17) is 10.5 Å². The number of nitrogens with zero attached hydrogens (tertiary/aromatic N) is 1. The SMILES string of the molecule is Cc1ccc([C@H]2C(C#N)=C(N)OC3=C2C(=O)CCC3)c(C)c1. The molecule has 0 saturated carbocycles. The van der Waals surface area contributed by atoms with Crippen molar-refractivity contribution in [3.63, 3.8) is 0 Å². The van der Waals surface area contributed by atoms with E-state index in [9.17, 15) is 10.1 Å². The maximum atomic E-state index is 12.4. The summed E-state index contributed by atoms with van der Waals surface area (Å²) in [6.07, 6.45) is 1.97. The van der Waals surface area contributed by atoms with E-state index < -0.39 is 5.92 Å². The van der Waals surface area contributed by atoms with Crippen LogP contribution in [-0.2, 0) is 9.53 Å². The molecular formula is C18H18N2O2. The topological polar surface area (TPSA) is 76.1 Å². The van der Waals surface area contributed by atoms with E-state index in [1.54, 1.807) is 0 Å². The Bertz CT molecular complexity index is 766. The molecule has 1 aliphatic carbocycles. The van der Waals surface area contributed by atoms with E-state index in [-0.39, 0.29) is 11.7 Å². The number of nitrogens with two attached hydrogens (primary N) is 1. The molecule has 1 atom stereocenters. The molecule has 2 aliphatic rings. The maximum absolute atomic E-state index is 12.4. The second-order valence-corrected chi connectivity index (χ2v) is 5.90. The Balaban J connectivity index is 2.22. The van der Waals surface area contributed by atoms with E-state index in [2.05, 4.69) is 12.1 Å². The number of hydrogen-bond acceptors (Lipinski definition) is 4. The summed E-state index contributed by atoms with van der Waals surface area (Å²) in [4.78, 5) is 12.4. The monoisotopic (exact) mass is 294 g/mol. The number of aryl methyl sites for hydroxylation is 2.